The third-order valence-electron chi connectivity index (χ3n) is 3.04. The normalized spacial score (nSPS) is 10.5. The fourth-order valence-corrected chi connectivity index (χ4v) is 1.76. The predicted octanol–water partition coefficient (Wildman–Crippen LogP) is -0.240. The van der Waals surface area contributed by atoms with Crippen LogP contribution in [-0.4, -0.2) is 14.7 Å². The van der Waals surface area contributed by atoms with Crippen LogP contribution in [0.2, 0.25) is 0 Å². The summed E-state index contributed by atoms with van der Waals surface area (Å²) in [7, 11) is 1.48. The maximum absolute atomic E-state index is 11.7. The summed E-state index contributed by atoms with van der Waals surface area (Å²) in [5.74, 6) is 0.0886. The van der Waals surface area contributed by atoms with Gasteiger partial charge in [0, 0.05) is 13.6 Å². The zero-order valence-electron chi connectivity index (χ0n) is 11.0. The van der Waals surface area contributed by atoms with E-state index < -0.39 is 11.2 Å². The molecule has 2 aromatic rings. The van der Waals surface area contributed by atoms with Crippen LogP contribution in [0.5, 0.6) is 0 Å². The van der Waals surface area contributed by atoms with Crippen LogP contribution in [0.15, 0.2) is 33.9 Å². The molecule has 0 spiro atoms. The zero-order chi connectivity index (χ0) is 14.7. The molecule has 2 rings (SSSR count). The smallest absolute Gasteiger partial charge is 0.329 e. The van der Waals surface area contributed by atoms with E-state index in [-0.39, 0.29) is 18.1 Å². The first-order chi connectivity index (χ1) is 9.52. The number of nitrogen functional groups attached to an aromatic ring is 1. The number of aromatic nitrogens is 2. The lowest BCUT2D eigenvalue weighted by molar-refractivity contribution is 0.282. The monoisotopic (exact) mass is 276 g/mol. The molecule has 0 aliphatic rings. The Balaban J connectivity index is 2.20. The molecule has 0 aliphatic heterocycles. The molecular weight excluding hydrogens is 260 g/mol. The Morgan fingerprint density at radius 1 is 1.25 bits per heavy atom. The lowest BCUT2D eigenvalue weighted by atomic mass is 10.1. The van der Waals surface area contributed by atoms with Gasteiger partial charge in [-0.2, -0.15) is 0 Å². The SMILES string of the molecule is Cn1c(N)c(NCc2ccc(CO)cc2)c(=O)[nH]c1=O. The van der Waals surface area contributed by atoms with Crippen molar-refractivity contribution < 1.29 is 5.11 Å². The van der Waals surface area contributed by atoms with E-state index in [2.05, 4.69) is 10.3 Å². The van der Waals surface area contributed by atoms with E-state index in [0.29, 0.717) is 6.54 Å². The molecule has 0 unspecified atom stereocenters. The molecule has 7 nitrogen and oxygen atoms in total. The third-order valence-corrected chi connectivity index (χ3v) is 3.04. The molecule has 7 heteroatoms. The second-order valence-corrected chi connectivity index (χ2v) is 4.41. The molecule has 1 aromatic carbocycles. The highest BCUT2D eigenvalue weighted by molar-refractivity contribution is 5.60. The number of nitrogens with one attached hydrogen (secondary N) is 2. The minimum atomic E-state index is -0.551. The first-order valence-corrected chi connectivity index (χ1v) is 6.04. The molecule has 0 aliphatic carbocycles. The second-order valence-electron chi connectivity index (χ2n) is 4.41. The summed E-state index contributed by atoms with van der Waals surface area (Å²) in [6, 6.07) is 7.27. The number of hydrogen-bond acceptors (Lipinski definition) is 5. The Bertz CT molecular complexity index is 716. The first-order valence-electron chi connectivity index (χ1n) is 6.04. The molecular formula is C13H16N4O3. The number of hydrogen-bond donors (Lipinski definition) is 4. The molecule has 0 radical (unpaired) electrons. The molecule has 106 valence electrons. The Kier molecular flexibility index (Phi) is 3.90. The van der Waals surface area contributed by atoms with E-state index in [1.54, 1.807) is 12.1 Å². The van der Waals surface area contributed by atoms with Gasteiger partial charge in [0.05, 0.1) is 6.61 Å². The molecule has 0 fully saturated rings. The lowest BCUT2D eigenvalue weighted by Gasteiger charge is -2.11. The number of rotatable bonds is 4. The number of H-pyrrole nitrogens is 1. The van der Waals surface area contributed by atoms with E-state index in [1.807, 2.05) is 12.1 Å². The fraction of sp³-hybridized carbons (Fsp3) is 0.231. The van der Waals surface area contributed by atoms with Crippen molar-refractivity contribution in [3.63, 3.8) is 0 Å². The van der Waals surface area contributed by atoms with Gasteiger partial charge < -0.3 is 16.2 Å². The molecule has 0 amide bonds. The largest absolute Gasteiger partial charge is 0.392 e. The van der Waals surface area contributed by atoms with Crippen molar-refractivity contribution in [2.45, 2.75) is 13.2 Å². The molecule has 0 saturated carbocycles. The standard InChI is InChI=1S/C13H16N4O3/c1-17-11(14)10(12(19)16-13(17)20)15-6-8-2-4-9(7-18)5-3-8/h2-5,15,18H,6-7,14H2,1H3,(H,16,19,20). The summed E-state index contributed by atoms with van der Waals surface area (Å²) in [5, 5.41) is 11.9. The lowest BCUT2D eigenvalue weighted by Crippen LogP contribution is -2.32. The van der Waals surface area contributed by atoms with E-state index >= 15 is 0 Å². The summed E-state index contributed by atoms with van der Waals surface area (Å²) >= 11 is 0. The zero-order valence-corrected chi connectivity index (χ0v) is 11.0. The summed E-state index contributed by atoms with van der Waals surface area (Å²) in [5.41, 5.74) is 6.55. The predicted molar refractivity (Wildman–Crippen MR) is 76.4 cm³/mol. The van der Waals surface area contributed by atoms with Gasteiger partial charge in [-0.05, 0) is 11.1 Å². The van der Waals surface area contributed by atoms with Crippen LogP contribution in [-0.2, 0) is 20.2 Å². The summed E-state index contributed by atoms with van der Waals surface area (Å²) in [6.45, 7) is 0.373. The van der Waals surface area contributed by atoms with Crippen molar-refractivity contribution in [1.29, 1.82) is 0 Å². The van der Waals surface area contributed by atoms with Crippen LogP contribution in [0.4, 0.5) is 11.5 Å². The third kappa shape index (κ3) is 2.72. The quantitative estimate of drug-likeness (QED) is 0.615. The van der Waals surface area contributed by atoms with Gasteiger partial charge >= 0.3 is 5.69 Å². The van der Waals surface area contributed by atoms with Crippen molar-refractivity contribution >= 4 is 11.5 Å². The van der Waals surface area contributed by atoms with Gasteiger partial charge in [-0.1, -0.05) is 24.3 Å². The number of aliphatic hydroxyl groups excluding tert-OH is 1. The topological polar surface area (TPSA) is 113 Å². The van der Waals surface area contributed by atoms with Gasteiger partial charge in [-0.15, -0.1) is 0 Å². The van der Waals surface area contributed by atoms with Gasteiger partial charge in [-0.3, -0.25) is 14.3 Å². The number of aliphatic hydroxyl groups is 1. The Morgan fingerprint density at radius 3 is 2.45 bits per heavy atom. The number of benzene rings is 1. The van der Waals surface area contributed by atoms with E-state index in [1.165, 1.54) is 11.6 Å². The summed E-state index contributed by atoms with van der Waals surface area (Å²) in [4.78, 5) is 25.2. The van der Waals surface area contributed by atoms with Crippen LogP contribution in [0.3, 0.4) is 0 Å². The van der Waals surface area contributed by atoms with Crippen molar-refractivity contribution in [3.05, 3.63) is 56.2 Å². The highest BCUT2D eigenvalue weighted by atomic mass is 16.3. The fourth-order valence-electron chi connectivity index (χ4n) is 1.76. The number of aromatic amines is 1. The van der Waals surface area contributed by atoms with E-state index in [9.17, 15) is 9.59 Å². The van der Waals surface area contributed by atoms with Crippen LogP contribution in [0.1, 0.15) is 11.1 Å². The number of nitrogens with zero attached hydrogens (tertiary/aromatic N) is 1. The highest BCUT2D eigenvalue weighted by Crippen LogP contribution is 2.11. The van der Waals surface area contributed by atoms with Crippen molar-refractivity contribution in [1.82, 2.24) is 9.55 Å². The molecule has 1 heterocycles. The average molecular weight is 276 g/mol. The molecule has 5 N–H and O–H groups in total. The molecule has 0 saturated heterocycles. The first kappa shape index (κ1) is 13.9. The minimum absolute atomic E-state index is 0.0128. The number of nitrogens with two attached hydrogens (primary N) is 1. The summed E-state index contributed by atoms with van der Waals surface area (Å²) < 4.78 is 1.17. The van der Waals surface area contributed by atoms with Crippen molar-refractivity contribution in [3.8, 4) is 0 Å². The van der Waals surface area contributed by atoms with Crippen molar-refractivity contribution in [2.24, 2.45) is 7.05 Å². The average Bonchev–Trinajstić information content (AvgIpc) is 2.45. The Morgan fingerprint density at radius 2 is 1.85 bits per heavy atom. The van der Waals surface area contributed by atoms with Gasteiger partial charge in [0.25, 0.3) is 5.56 Å². The van der Waals surface area contributed by atoms with Crippen LogP contribution < -0.4 is 22.3 Å². The second kappa shape index (κ2) is 5.62. The molecule has 0 bridgehead atoms. The van der Waals surface area contributed by atoms with Crippen LogP contribution in [0, 0.1) is 0 Å². The summed E-state index contributed by atoms with van der Waals surface area (Å²) in [6.07, 6.45) is 0. The van der Waals surface area contributed by atoms with Crippen LogP contribution >= 0.6 is 0 Å². The van der Waals surface area contributed by atoms with E-state index in [4.69, 9.17) is 10.8 Å². The van der Waals surface area contributed by atoms with Crippen molar-refractivity contribution in [2.75, 3.05) is 11.1 Å². The Hall–Kier alpha value is -2.54. The van der Waals surface area contributed by atoms with E-state index in [0.717, 1.165) is 11.1 Å². The maximum Gasteiger partial charge on any atom is 0.329 e. The molecule has 20 heavy (non-hydrogen) atoms. The Labute approximate surface area is 114 Å². The molecule has 0 atom stereocenters. The maximum atomic E-state index is 11.7. The highest BCUT2D eigenvalue weighted by Gasteiger charge is 2.09. The van der Waals surface area contributed by atoms with Crippen LogP contribution in [0.25, 0.3) is 0 Å². The van der Waals surface area contributed by atoms with Gasteiger partial charge in [0.1, 0.15) is 11.5 Å². The van der Waals surface area contributed by atoms with Gasteiger partial charge in [0.15, 0.2) is 0 Å². The van der Waals surface area contributed by atoms with Gasteiger partial charge in [-0.25, -0.2) is 4.79 Å². The number of anilines is 2. The minimum Gasteiger partial charge on any atom is -0.392 e. The molecule has 1 aromatic heterocycles. The van der Waals surface area contributed by atoms with Gasteiger partial charge in [0.2, 0.25) is 0 Å².